The summed E-state index contributed by atoms with van der Waals surface area (Å²) in [5, 5.41) is 6.47. The molecule has 3 rings (SSSR count). The van der Waals surface area contributed by atoms with Crippen molar-refractivity contribution in [2.75, 3.05) is 50.1 Å². The summed E-state index contributed by atoms with van der Waals surface area (Å²) >= 11 is 0. The Morgan fingerprint density at radius 3 is 2.57 bits per heavy atom. The minimum Gasteiger partial charge on any atom is -0.368 e. The number of rotatable bonds is 4. The van der Waals surface area contributed by atoms with E-state index in [1.54, 1.807) is 30.0 Å². The van der Waals surface area contributed by atoms with Gasteiger partial charge in [-0.1, -0.05) is 6.07 Å². The van der Waals surface area contributed by atoms with Crippen molar-refractivity contribution in [3.63, 3.8) is 0 Å². The van der Waals surface area contributed by atoms with E-state index in [1.807, 2.05) is 4.90 Å². The molecule has 0 bridgehead atoms. The van der Waals surface area contributed by atoms with Crippen LogP contribution in [0.15, 0.2) is 28.8 Å². The normalized spacial score (nSPS) is 14.9. The number of anilines is 2. The number of benzene rings is 1. The van der Waals surface area contributed by atoms with Gasteiger partial charge in [0.05, 0.1) is 12.1 Å². The summed E-state index contributed by atoms with van der Waals surface area (Å²) in [5.74, 6) is 0.707. The van der Waals surface area contributed by atoms with Crippen molar-refractivity contribution < 1.29 is 22.5 Å². The Hall–Kier alpha value is -2.98. The van der Waals surface area contributed by atoms with E-state index in [2.05, 4.69) is 15.5 Å². The molecule has 1 aromatic heterocycles. The number of aromatic nitrogens is 2. The van der Waals surface area contributed by atoms with Crippen LogP contribution in [0.5, 0.6) is 0 Å². The largest absolute Gasteiger partial charge is 0.416 e. The number of hydrogen-bond donors (Lipinski definition) is 1. The molecule has 2 aromatic rings. The zero-order valence-corrected chi connectivity index (χ0v) is 15.5. The fourth-order valence-corrected chi connectivity index (χ4v) is 2.81. The average Bonchev–Trinajstić information content (AvgIpc) is 3.15. The second-order valence-corrected chi connectivity index (χ2v) is 6.56. The number of hydrogen-bond acceptors (Lipinski definition) is 6. The number of nitrogens with zero attached hydrogens (tertiary/aromatic N) is 5. The second-order valence-electron chi connectivity index (χ2n) is 6.56. The van der Waals surface area contributed by atoms with Crippen LogP contribution >= 0.6 is 0 Å². The summed E-state index contributed by atoms with van der Waals surface area (Å²) in [6.07, 6.45) is -4.38. The third-order valence-electron chi connectivity index (χ3n) is 4.35. The third kappa shape index (κ3) is 4.65. The molecule has 1 N–H and O–H groups in total. The predicted octanol–water partition coefficient (Wildman–Crippen LogP) is 2.19. The van der Waals surface area contributed by atoms with Gasteiger partial charge in [0.25, 0.3) is 5.95 Å². The van der Waals surface area contributed by atoms with Gasteiger partial charge in [0.1, 0.15) is 0 Å². The van der Waals surface area contributed by atoms with E-state index in [9.17, 15) is 18.0 Å². The molecule has 1 saturated heterocycles. The molecular weight excluding hydrogens is 377 g/mol. The van der Waals surface area contributed by atoms with E-state index >= 15 is 0 Å². The summed E-state index contributed by atoms with van der Waals surface area (Å²) in [6.45, 7) is 1.79. The van der Waals surface area contributed by atoms with Gasteiger partial charge in [0, 0.05) is 46.0 Å². The summed E-state index contributed by atoms with van der Waals surface area (Å²) < 4.78 is 43.7. The maximum atomic E-state index is 12.9. The highest BCUT2D eigenvalue weighted by Crippen LogP contribution is 2.31. The number of nitrogens with one attached hydrogen (secondary N) is 1. The quantitative estimate of drug-likeness (QED) is 0.851. The summed E-state index contributed by atoms with van der Waals surface area (Å²) in [7, 11) is 3.55. The van der Waals surface area contributed by atoms with Crippen molar-refractivity contribution in [1.82, 2.24) is 20.4 Å². The fraction of sp³-hybridized carbons (Fsp3) is 0.471. The predicted molar refractivity (Wildman–Crippen MR) is 96.1 cm³/mol. The highest BCUT2D eigenvalue weighted by molar-refractivity contribution is 5.74. The Kier molecular flexibility index (Phi) is 5.61. The molecule has 1 aliphatic rings. The number of halogens is 3. The van der Waals surface area contributed by atoms with Crippen molar-refractivity contribution in [2.45, 2.75) is 12.7 Å². The Morgan fingerprint density at radius 2 is 1.96 bits per heavy atom. The van der Waals surface area contributed by atoms with Crippen LogP contribution in [0.25, 0.3) is 0 Å². The van der Waals surface area contributed by atoms with Gasteiger partial charge in [0.15, 0.2) is 0 Å². The zero-order chi connectivity index (χ0) is 20.3. The summed E-state index contributed by atoms with van der Waals surface area (Å²) in [5.41, 5.74) is -0.182. The van der Waals surface area contributed by atoms with E-state index in [0.717, 1.165) is 12.1 Å². The first-order chi connectivity index (χ1) is 13.2. The molecule has 0 atom stereocenters. The Bertz CT molecular complexity index is 815. The van der Waals surface area contributed by atoms with Crippen LogP contribution in [0.1, 0.15) is 11.5 Å². The number of urea groups is 1. The Labute approximate surface area is 159 Å². The van der Waals surface area contributed by atoms with Gasteiger partial charge in [-0.3, -0.25) is 0 Å². The highest BCUT2D eigenvalue weighted by Gasteiger charge is 2.31. The van der Waals surface area contributed by atoms with Gasteiger partial charge in [0.2, 0.25) is 5.89 Å². The van der Waals surface area contributed by atoms with Gasteiger partial charge < -0.3 is 24.5 Å². The molecule has 0 radical (unpaired) electrons. The maximum absolute atomic E-state index is 12.9. The maximum Gasteiger partial charge on any atom is 0.416 e. The third-order valence-corrected chi connectivity index (χ3v) is 4.35. The van der Waals surface area contributed by atoms with Crippen LogP contribution in [0.3, 0.4) is 0 Å². The highest BCUT2D eigenvalue weighted by atomic mass is 19.4. The van der Waals surface area contributed by atoms with Crippen LogP contribution in [-0.4, -0.2) is 61.3 Å². The molecule has 1 fully saturated rings. The van der Waals surface area contributed by atoms with Gasteiger partial charge in [-0.05, 0) is 23.4 Å². The van der Waals surface area contributed by atoms with Crippen LogP contribution < -0.4 is 15.1 Å². The molecule has 1 aromatic carbocycles. The average molecular weight is 398 g/mol. The smallest absolute Gasteiger partial charge is 0.368 e. The molecule has 11 heteroatoms. The number of alkyl halides is 3. The molecule has 0 spiro atoms. The lowest BCUT2D eigenvalue weighted by molar-refractivity contribution is -0.137. The van der Waals surface area contributed by atoms with Crippen LogP contribution in [-0.2, 0) is 12.7 Å². The summed E-state index contributed by atoms with van der Waals surface area (Å²) in [6, 6.07) is 4.93. The number of carbonyl (C=O) groups excluding carboxylic acids is 1. The molecule has 0 aliphatic carbocycles. The van der Waals surface area contributed by atoms with Crippen molar-refractivity contribution in [3.8, 4) is 0 Å². The van der Waals surface area contributed by atoms with Gasteiger partial charge >= 0.3 is 12.2 Å². The zero-order valence-electron chi connectivity index (χ0n) is 15.5. The topological polar surface area (TPSA) is 77.7 Å². The molecular formula is C17H21F3N6O2. The van der Waals surface area contributed by atoms with Crippen molar-refractivity contribution in [1.29, 1.82) is 0 Å². The molecule has 152 valence electrons. The van der Waals surface area contributed by atoms with E-state index in [4.69, 9.17) is 4.52 Å². The number of carbonyl (C=O) groups is 1. The van der Waals surface area contributed by atoms with Crippen molar-refractivity contribution in [2.24, 2.45) is 0 Å². The van der Waals surface area contributed by atoms with E-state index < -0.39 is 11.7 Å². The van der Waals surface area contributed by atoms with Gasteiger partial charge in [-0.25, -0.2) is 4.79 Å². The van der Waals surface area contributed by atoms with Crippen LogP contribution in [0, 0.1) is 0 Å². The SMILES string of the molecule is CN(C)c1noc(CNC(=O)N2CCN(c3cccc(C(F)(F)F)c3)CC2)n1. The lowest BCUT2D eigenvalue weighted by Gasteiger charge is -2.36. The van der Waals surface area contributed by atoms with Crippen LogP contribution in [0.2, 0.25) is 0 Å². The Morgan fingerprint density at radius 1 is 1.25 bits per heavy atom. The number of amides is 2. The van der Waals surface area contributed by atoms with E-state index in [-0.39, 0.29) is 12.6 Å². The molecule has 2 heterocycles. The summed E-state index contributed by atoms with van der Waals surface area (Å²) in [4.78, 5) is 21.5. The lowest BCUT2D eigenvalue weighted by atomic mass is 10.1. The van der Waals surface area contributed by atoms with Crippen molar-refractivity contribution >= 4 is 17.7 Å². The monoisotopic (exact) mass is 398 g/mol. The minimum atomic E-state index is -4.38. The van der Waals surface area contributed by atoms with Gasteiger partial charge in [-0.2, -0.15) is 18.2 Å². The van der Waals surface area contributed by atoms with Gasteiger partial charge in [-0.15, -0.1) is 0 Å². The Balaban J connectivity index is 1.51. The van der Waals surface area contributed by atoms with Crippen LogP contribution in [0.4, 0.5) is 29.6 Å². The first kappa shape index (κ1) is 19.8. The molecule has 28 heavy (non-hydrogen) atoms. The fourth-order valence-electron chi connectivity index (χ4n) is 2.81. The number of piperazine rings is 1. The molecule has 0 unspecified atom stereocenters. The first-order valence-electron chi connectivity index (χ1n) is 8.69. The molecule has 2 amide bonds. The molecule has 0 saturated carbocycles. The molecule has 8 nitrogen and oxygen atoms in total. The van der Waals surface area contributed by atoms with Crippen molar-refractivity contribution in [3.05, 3.63) is 35.7 Å². The minimum absolute atomic E-state index is 0.105. The standard InChI is InChI=1S/C17H21F3N6O2/c1-24(2)15-22-14(28-23-15)11-21-16(27)26-8-6-25(7-9-26)13-5-3-4-12(10-13)17(18,19)20/h3-5,10H,6-9,11H2,1-2H3,(H,21,27). The first-order valence-corrected chi connectivity index (χ1v) is 8.69. The molecule has 1 aliphatic heterocycles. The van der Waals surface area contributed by atoms with E-state index in [0.29, 0.717) is 43.7 Å². The lowest BCUT2D eigenvalue weighted by Crippen LogP contribution is -2.51. The van der Waals surface area contributed by atoms with E-state index in [1.165, 1.54) is 6.07 Å². The second kappa shape index (κ2) is 7.95.